The number of amides is 3. The van der Waals surface area contributed by atoms with Crippen LogP contribution in [0.15, 0.2) is 35.3 Å². The fraction of sp³-hybridized carbons (Fsp3) is 0.538. The Kier molecular flexibility index (Phi) is 14.7. The van der Waals surface area contributed by atoms with Gasteiger partial charge in [0.15, 0.2) is 5.96 Å². The number of carboxylic acid groups (broad SMARTS) is 2. The van der Waals surface area contributed by atoms with E-state index in [2.05, 4.69) is 20.9 Å². The number of aliphatic carboxylic acids is 2. The average molecular weight is 564 g/mol. The third-order valence-corrected chi connectivity index (χ3v) is 5.82. The van der Waals surface area contributed by atoms with E-state index in [9.17, 15) is 29.1 Å². The van der Waals surface area contributed by atoms with Gasteiger partial charge in [0.05, 0.1) is 6.04 Å². The van der Waals surface area contributed by atoms with E-state index in [1.165, 1.54) is 0 Å². The first kappa shape index (κ1) is 33.8. The third kappa shape index (κ3) is 13.6. The van der Waals surface area contributed by atoms with Crippen LogP contribution in [0.4, 0.5) is 0 Å². The van der Waals surface area contributed by atoms with Crippen molar-refractivity contribution in [2.75, 3.05) is 6.54 Å². The van der Waals surface area contributed by atoms with Crippen LogP contribution in [-0.2, 0) is 30.4 Å². The molecular formula is C26H41N7O7. The minimum Gasteiger partial charge on any atom is -0.481 e. The maximum atomic E-state index is 13.2. The molecule has 0 spiro atoms. The molecule has 40 heavy (non-hydrogen) atoms. The summed E-state index contributed by atoms with van der Waals surface area (Å²) in [5.41, 5.74) is 17.6. The Labute approximate surface area is 233 Å². The zero-order valence-electron chi connectivity index (χ0n) is 22.8. The molecule has 11 N–H and O–H groups in total. The van der Waals surface area contributed by atoms with E-state index in [1.807, 2.05) is 18.2 Å². The van der Waals surface area contributed by atoms with Gasteiger partial charge in [-0.1, -0.05) is 44.2 Å². The Balaban J connectivity index is 3.06. The highest BCUT2D eigenvalue weighted by Crippen LogP contribution is 2.09. The van der Waals surface area contributed by atoms with Crippen LogP contribution in [0.5, 0.6) is 0 Å². The fourth-order valence-corrected chi connectivity index (χ4v) is 3.79. The molecule has 1 aromatic rings. The largest absolute Gasteiger partial charge is 0.481 e. The Morgan fingerprint density at radius 2 is 1.40 bits per heavy atom. The van der Waals surface area contributed by atoms with E-state index in [0.29, 0.717) is 0 Å². The summed E-state index contributed by atoms with van der Waals surface area (Å²) in [6.45, 7) is 3.73. The van der Waals surface area contributed by atoms with Crippen molar-refractivity contribution in [1.82, 2.24) is 16.0 Å². The molecule has 4 atom stereocenters. The van der Waals surface area contributed by atoms with Gasteiger partial charge in [-0.3, -0.25) is 24.2 Å². The number of nitrogens with two attached hydrogens (primary N) is 3. The Morgan fingerprint density at radius 3 is 1.93 bits per heavy atom. The topological polar surface area (TPSA) is 252 Å². The summed E-state index contributed by atoms with van der Waals surface area (Å²) < 4.78 is 0. The number of rotatable bonds is 18. The van der Waals surface area contributed by atoms with Crippen molar-refractivity contribution in [2.24, 2.45) is 28.1 Å². The van der Waals surface area contributed by atoms with Gasteiger partial charge in [0, 0.05) is 13.0 Å². The zero-order valence-corrected chi connectivity index (χ0v) is 22.8. The second kappa shape index (κ2) is 17.4. The van der Waals surface area contributed by atoms with Crippen LogP contribution in [0.3, 0.4) is 0 Å². The van der Waals surface area contributed by atoms with Crippen molar-refractivity contribution in [3.05, 3.63) is 35.9 Å². The van der Waals surface area contributed by atoms with Crippen LogP contribution in [0.25, 0.3) is 0 Å². The van der Waals surface area contributed by atoms with Crippen molar-refractivity contribution < 1.29 is 34.2 Å². The summed E-state index contributed by atoms with van der Waals surface area (Å²) in [4.78, 5) is 65.7. The van der Waals surface area contributed by atoms with Gasteiger partial charge >= 0.3 is 11.9 Å². The second-order valence-corrected chi connectivity index (χ2v) is 9.83. The normalized spacial score (nSPS) is 13.8. The van der Waals surface area contributed by atoms with Gasteiger partial charge in [-0.2, -0.15) is 0 Å². The summed E-state index contributed by atoms with van der Waals surface area (Å²) in [6, 6.07) is 4.31. The predicted octanol–water partition coefficient (Wildman–Crippen LogP) is -0.940. The third-order valence-electron chi connectivity index (χ3n) is 5.82. The van der Waals surface area contributed by atoms with Gasteiger partial charge in [-0.25, -0.2) is 4.79 Å². The number of nitrogens with zero attached hydrogens (tertiary/aromatic N) is 1. The molecule has 0 saturated heterocycles. The van der Waals surface area contributed by atoms with Crippen molar-refractivity contribution in [2.45, 2.75) is 76.5 Å². The van der Waals surface area contributed by atoms with E-state index in [1.54, 1.807) is 26.0 Å². The lowest BCUT2D eigenvalue weighted by Gasteiger charge is -2.25. The molecule has 0 fully saturated rings. The number of carbonyl (C=O) groups is 5. The standard InChI is InChI=1S/C26H41N7O7/c1-15(2)13-20(25(39)40)33-24(38)19(10-11-21(34)35)32-23(37)18(9-6-12-30-26(28)29)31-22(36)17(27)14-16-7-4-3-5-8-16/h3-5,7-8,15,17-20H,6,9-14,27H2,1-2H3,(H,31,36)(H,32,37)(H,33,38)(H,34,35)(H,39,40)(H4,28,29,30)/t17-,18-,19-,20-/m0/s1. The lowest BCUT2D eigenvalue weighted by Crippen LogP contribution is -2.57. The first-order valence-electron chi connectivity index (χ1n) is 13.0. The van der Waals surface area contributed by atoms with Crippen molar-refractivity contribution in [1.29, 1.82) is 0 Å². The molecule has 0 aliphatic heterocycles. The smallest absolute Gasteiger partial charge is 0.326 e. The van der Waals surface area contributed by atoms with E-state index >= 15 is 0 Å². The van der Waals surface area contributed by atoms with E-state index in [-0.39, 0.29) is 50.5 Å². The van der Waals surface area contributed by atoms with E-state index in [0.717, 1.165) is 5.56 Å². The number of nitrogens with one attached hydrogen (secondary N) is 3. The summed E-state index contributed by atoms with van der Waals surface area (Å²) in [5.74, 6) is -4.91. The zero-order chi connectivity index (χ0) is 30.2. The quantitative estimate of drug-likeness (QED) is 0.0618. The number of benzene rings is 1. The summed E-state index contributed by atoms with van der Waals surface area (Å²) in [7, 11) is 0. The van der Waals surface area contributed by atoms with Crippen molar-refractivity contribution in [3.63, 3.8) is 0 Å². The molecule has 3 amide bonds. The molecule has 0 bridgehead atoms. The molecule has 1 rings (SSSR count). The molecule has 0 heterocycles. The van der Waals surface area contributed by atoms with Gasteiger partial charge in [0.25, 0.3) is 0 Å². The maximum absolute atomic E-state index is 13.2. The number of hydrogen-bond donors (Lipinski definition) is 8. The molecule has 1 aromatic carbocycles. The number of guanidine groups is 1. The first-order chi connectivity index (χ1) is 18.8. The van der Waals surface area contributed by atoms with Crippen LogP contribution in [0.1, 0.15) is 51.5 Å². The Morgan fingerprint density at radius 1 is 0.850 bits per heavy atom. The average Bonchev–Trinajstić information content (AvgIpc) is 2.87. The van der Waals surface area contributed by atoms with Crippen LogP contribution >= 0.6 is 0 Å². The molecular weight excluding hydrogens is 522 g/mol. The molecule has 0 aliphatic rings. The van der Waals surface area contributed by atoms with Gasteiger partial charge in [-0.15, -0.1) is 0 Å². The highest BCUT2D eigenvalue weighted by Gasteiger charge is 2.30. The van der Waals surface area contributed by atoms with Crippen LogP contribution in [0, 0.1) is 5.92 Å². The Hall–Kier alpha value is -4.20. The highest BCUT2D eigenvalue weighted by atomic mass is 16.4. The number of carboxylic acids is 2. The van der Waals surface area contributed by atoms with Gasteiger partial charge < -0.3 is 43.4 Å². The molecule has 0 unspecified atom stereocenters. The summed E-state index contributed by atoms with van der Waals surface area (Å²) in [5, 5.41) is 26.0. The van der Waals surface area contributed by atoms with Crippen LogP contribution < -0.4 is 33.2 Å². The monoisotopic (exact) mass is 563 g/mol. The molecule has 0 saturated carbocycles. The molecule has 222 valence electrons. The van der Waals surface area contributed by atoms with Gasteiger partial charge in [0.2, 0.25) is 17.7 Å². The Bertz CT molecular complexity index is 1030. The first-order valence-corrected chi connectivity index (χ1v) is 13.0. The number of hydrogen-bond acceptors (Lipinski definition) is 7. The van der Waals surface area contributed by atoms with Crippen LogP contribution in [-0.4, -0.2) is 76.5 Å². The van der Waals surface area contributed by atoms with Crippen molar-refractivity contribution in [3.8, 4) is 0 Å². The maximum Gasteiger partial charge on any atom is 0.326 e. The van der Waals surface area contributed by atoms with Gasteiger partial charge in [-0.05, 0) is 43.6 Å². The second-order valence-electron chi connectivity index (χ2n) is 9.83. The molecule has 0 aliphatic carbocycles. The molecule has 14 heteroatoms. The summed E-state index contributed by atoms with van der Waals surface area (Å²) in [6.07, 6.45) is -0.0716. The number of aliphatic imine (C=N–C) groups is 1. The van der Waals surface area contributed by atoms with Crippen LogP contribution in [0.2, 0.25) is 0 Å². The minimum absolute atomic E-state index is 0.0571. The van der Waals surface area contributed by atoms with E-state index in [4.69, 9.17) is 22.3 Å². The predicted molar refractivity (Wildman–Crippen MR) is 148 cm³/mol. The van der Waals surface area contributed by atoms with E-state index < -0.39 is 60.2 Å². The lowest BCUT2D eigenvalue weighted by molar-refractivity contribution is -0.143. The summed E-state index contributed by atoms with van der Waals surface area (Å²) >= 11 is 0. The SMILES string of the molecule is CC(C)C[C@H](NC(=O)[C@H](CCC(=O)O)NC(=O)[C@H](CCCN=C(N)N)NC(=O)[C@@H](N)Cc1ccccc1)C(=O)O. The molecule has 0 aromatic heterocycles. The van der Waals surface area contributed by atoms with Crippen molar-refractivity contribution >= 4 is 35.6 Å². The highest BCUT2D eigenvalue weighted by molar-refractivity contribution is 5.94. The fourth-order valence-electron chi connectivity index (χ4n) is 3.79. The van der Waals surface area contributed by atoms with Gasteiger partial charge in [0.1, 0.15) is 18.1 Å². The molecule has 0 radical (unpaired) electrons. The lowest BCUT2D eigenvalue weighted by atomic mass is 10.0. The number of carbonyl (C=O) groups excluding carboxylic acids is 3. The molecule has 14 nitrogen and oxygen atoms in total. The minimum atomic E-state index is -1.37.